The predicted octanol–water partition coefficient (Wildman–Crippen LogP) is 2.45. The minimum Gasteiger partial charge on any atom is -0.351 e. The Balaban J connectivity index is 1.43. The average molecular weight is 396 g/mol. The normalized spacial score (nSPS) is 20.2. The van der Waals surface area contributed by atoms with Gasteiger partial charge in [-0.2, -0.15) is 10.4 Å². The summed E-state index contributed by atoms with van der Waals surface area (Å²) in [7, 11) is 1.89. The minimum atomic E-state index is 0.530. The summed E-state index contributed by atoms with van der Waals surface area (Å²) in [4.78, 5) is 14.9. The molecule has 2 saturated heterocycles. The lowest BCUT2D eigenvalue weighted by atomic mass is 10.00. The van der Waals surface area contributed by atoms with Crippen molar-refractivity contribution in [3.8, 4) is 28.5 Å². The molecule has 30 heavy (non-hydrogen) atoms. The van der Waals surface area contributed by atoms with Gasteiger partial charge >= 0.3 is 0 Å². The summed E-state index contributed by atoms with van der Waals surface area (Å²) >= 11 is 0. The van der Waals surface area contributed by atoms with Gasteiger partial charge in [-0.3, -0.25) is 4.68 Å². The van der Waals surface area contributed by atoms with E-state index in [1.807, 2.05) is 31.7 Å². The highest BCUT2D eigenvalue weighted by Crippen LogP contribution is 2.35. The zero-order chi connectivity index (χ0) is 20.2. The zero-order valence-corrected chi connectivity index (χ0v) is 16.5. The molecule has 4 aromatic rings. The summed E-state index contributed by atoms with van der Waals surface area (Å²) in [6, 6.07) is 9.57. The number of H-pyrrole nitrogens is 1. The summed E-state index contributed by atoms with van der Waals surface area (Å²) in [5.41, 5.74) is 4.96. The van der Waals surface area contributed by atoms with Gasteiger partial charge in [0.1, 0.15) is 17.5 Å². The van der Waals surface area contributed by atoms with Crippen LogP contribution in [0.5, 0.6) is 0 Å². The molecule has 0 aliphatic carbocycles. The fourth-order valence-electron chi connectivity index (χ4n) is 4.73. The van der Waals surface area contributed by atoms with Crippen LogP contribution in [0.25, 0.3) is 33.4 Å². The Bertz CT molecular complexity index is 1290. The molecule has 8 nitrogen and oxygen atoms in total. The van der Waals surface area contributed by atoms with Gasteiger partial charge in [-0.15, -0.1) is 0 Å². The van der Waals surface area contributed by atoms with Crippen molar-refractivity contribution in [2.45, 2.75) is 18.5 Å². The van der Waals surface area contributed by atoms with E-state index >= 15 is 0 Å². The van der Waals surface area contributed by atoms with Gasteiger partial charge in [0.25, 0.3) is 0 Å². The predicted molar refractivity (Wildman–Crippen MR) is 114 cm³/mol. The Kier molecular flexibility index (Phi) is 3.67. The molecule has 2 unspecified atom stereocenters. The quantitative estimate of drug-likeness (QED) is 0.552. The molecule has 2 fully saturated rings. The smallest absolute Gasteiger partial charge is 0.138 e. The molecular formula is C22H20N8. The maximum absolute atomic E-state index is 9.72. The second kappa shape index (κ2) is 6.40. The molecule has 0 amide bonds. The van der Waals surface area contributed by atoms with Crippen molar-refractivity contribution in [2.24, 2.45) is 7.05 Å². The molecule has 0 radical (unpaired) electrons. The minimum absolute atomic E-state index is 0.530. The van der Waals surface area contributed by atoms with Crippen LogP contribution in [-0.4, -0.2) is 49.9 Å². The van der Waals surface area contributed by atoms with Gasteiger partial charge in [0.05, 0.1) is 17.5 Å². The summed E-state index contributed by atoms with van der Waals surface area (Å²) < 4.78 is 1.76. The number of hydrogen-bond donors (Lipinski definition) is 2. The van der Waals surface area contributed by atoms with Gasteiger partial charge in [-0.25, -0.2) is 9.97 Å². The number of fused-ring (bicyclic) bond motifs is 3. The van der Waals surface area contributed by atoms with Crippen LogP contribution in [0.3, 0.4) is 0 Å². The van der Waals surface area contributed by atoms with Gasteiger partial charge in [-0.05, 0) is 24.6 Å². The SMILES string of the molecule is Cn1cc(-c2cc3c(-c4ccc(N5CC6CC5CN6)nc4)c(C#N)cnc3[nH]2)cn1. The molecule has 6 heterocycles. The summed E-state index contributed by atoms with van der Waals surface area (Å²) in [5.74, 6) is 1.00. The highest BCUT2D eigenvalue weighted by Gasteiger charge is 2.38. The summed E-state index contributed by atoms with van der Waals surface area (Å²) in [5, 5.41) is 18.4. The molecule has 2 aliphatic rings. The summed E-state index contributed by atoms with van der Waals surface area (Å²) in [6.45, 7) is 2.03. The number of aryl methyl sites for hydroxylation is 1. The van der Waals surface area contributed by atoms with Crippen LogP contribution in [-0.2, 0) is 7.05 Å². The monoisotopic (exact) mass is 396 g/mol. The van der Waals surface area contributed by atoms with Crippen molar-refractivity contribution >= 4 is 16.9 Å². The van der Waals surface area contributed by atoms with Crippen molar-refractivity contribution in [1.29, 1.82) is 5.26 Å². The van der Waals surface area contributed by atoms with Crippen LogP contribution in [0.1, 0.15) is 12.0 Å². The number of rotatable bonds is 3. The Morgan fingerprint density at radius 1 is 1.17 bits per heavy atom. The molecule has 0 aromatic carbocycles. The third-order valence-corrected chi connectivity index (χ3v) is 6.18. The molecule has 0 spiro atoms. The van der Waals surface area contributed by atoms with E-state index < -0.39 is 0 Å². The van der Waals surface area contributed by atoms with Crippen LogP contribution in [0.2, 0.25) is 0 Å². The summed E-state index contributed by atoms with van der Waals surface area (Å²) in [6.07, 6.45) is 8.45. The third kappa shape index (κ3) is 2.60. The highest BCUT2D eigenvalue weighted by atomic mass is 15.3. The molecule has 2 bridgehead atoms. The van der Waals surface area contributed by atoms with E-state index in [1.165, 1.54) is 6.42 Å². The maximum Gasteiger partial charge on any atom is 0.138 e. The van der Waals surface area contributed by atoms with Crippen molar-refractivity contribution < 1.29 is 0 Å². The average Bonchev–Trinajstić information content (AvgIpc) is 3.56. The van der Waals surface area contributed by atoms with E-state index in [1.54, 1.807) is 10.9 Å². The Labute approximate surface area is 173 Å². The van der Waals surface area contributed by atoms with Crippen LogP contribution in [0, 0.1) is 11.3 Å². The second-order valence-electron chi connectivity index (χ2n) is 8.06. The number of aromatic amines is 1. The number of nitriles is 1. The first-order valence-electron chi connectivity index (χ1n) is 10.1. The topological polar surface area (TPSA) is 98.5 Å². The van der Waals surface area contributed by atoms with E-state index in [-0.39, 0.29) is 0 Å². The Morgan fingerprint density at radius 3 is 2.77 bits per heavy atom. The number of anilines is 1. The number of piperazine rings is 1. The molecule has 8 heteroatoms. The second-order valence-corrected chi connectivity index (χ2v) is 8.06. The molecule has 148 valence electrons. The van der Waals surface area contributed by atoms with Crippen molar-refractivity contribution in [3.63, 3.8) is 0 Å². The number of nitrogens with zero attached hydrogens (tertiary/aromatic N) is 6. The molecular weight excluding hydrogens is 376 g/mol. The Hall–Kier alpha value is -3.70. The fraction of sp³-hybridized carbons (Fsp3) is 0.273. The van der Waals surface area contributed by atoms with E-state index in [0.717, 1.165) is 52.3 Å². The first-order chi connectivity index (χ1) is 14.7. The maximum atomic E-state index is 9.72. The molecule has 2 aliphatic heterocycles. The number of nitrogens with one attached hydrogen (secondary N) is 2. The van der Waals surface area contributed by atoms with Gasteiger partial charge in [0.2, 0.25) is 0 Å². The molecule has 4 aromatic heterocycles. The Morgan fingerprint density at radius 2 is 2.10 bits per heavy atom. The lowest BCUT2D eigenvalue weighted by Gasteiger charge is -2.28. The highest BCUT2D eigenvalue weighted by molar-refractivity contribution is 5.98. The van der Waals surface area contributed by atoms with Crippen LogP contribution in [0.4, 0.5) is 5.82 Å². The lowest BCUT2D eigenvalue weighted by Crippen LogP contribution is -2.43. The van der Waals surface area contributed by atoms with E-state index in [2.05, 4.69) is 43.5 Å². The number of aromatic nitrogens is 5. The van der Waals surface area contributed by atoms with Crippen LogP contribution in [0.15, 0.2) is 43.0 Å². The van der Waals surface area contributed by atoms with Crippen molar-refractivity contribution in [2.75, 3.05) is 18.0 Å². The molecule has 2 N–H and O–H groups in total. The number of pyridine rings is 2. The van der Waals surface area contributed by atoms with E-state index in [0.29, 0.717) is 17.6 Å². The standard InChI is InChI=1S/C22H20N8/c1-29-11-15(9-27-29)19-5-18-21(14(6-23)8-26-22(18)28-19)13-2-3-20(25-7-13)30-12-16-4-17(30)10-24-16/h2-3,5,7-9,11,16-17,24H,4,10,12H2,1H3,(H,26,28). The van der Waals surface area contributed by atoms with Gasteiger partial charge in [-0.1, -0.05) is 0 Å². The molecule has 6 rings (SSSR count). The largest absolute Gasteiger partial charge is 0.351 e. The van der Waals surface area contributed by atoms with Gasteiger partial charge < -0.3 is 15.2 Å². The fourth-order valence-corrected chi connectivity index (χ4v) is 4.73. The zero-order valence-electron chi connectivity index (χ0n) is 16.5. The van der Waals surface area contributed by atoms with E-state index in [4.69, 9.17) is 4.98 Å². The molecule has 2 atom stereocenters. The van der Waals surface area contributed by atoms with Crippen molar-refractivity contribution in [1.82, 2.24) is 30.0 Å². The first kappa shape index (κ1) is 17.2. The third-order valence-electron chi connectivity index (χ3n) is 6.18. The van der Waals surface area contributed by atoms with Gasteiger partial charge in [0, 0.05) is 72.9 Å². The first-order valence-corrected chi connectivity index (χ1v) is 10.1. The van der Waals surface area contributed by atoms with E-state index in [9.17, 15) is 5.26 Å². The van der Waals surface area contributed by atoms with Crippen LogP contribution >= 0.6 is 0 Å². The molecule has 0 saturated carbocycles. The van der Waals surface area contributed by atoms with Crippen LogP contribution < -0.4 is 10.2 Å². The number of hydrogen-bond acceptors (Lipinski definition) is 6. The lowest BCUT2D eigenvalue weighted by molar-refractivity contribution is 0.576. The van der Waals surface area contributed by atoms with Gasteiger partial charge in [0.15, 0.2) is 0 Å². The van der Waals surface area contributed by atoms with Crippen molar-refractivity contribution in [3.05, 3.63) is 48.5 Å².